The zero-order valence-corrected chi connectivity index (χ0v) is 9.78. The first kappa shape index (κ1) is 11.9. The van der Waals surface area contributed by atoms with E-state index in [1.165, 1.54) is 0 Å². The average molecular weight is 254 g/mol. The zero-order chi connectivity index (χ0) is 12.4. The van der Waals surface area contributed by atoms with E-state index in [0.29, 0.717) is 11.6 Å². The van der Waals surface area contributed by atoms with Crippen LogP contribution in [0.2, 0.25) is 5.02 Å². The molecule has 5 nitrogen and oxygen atoms in total. The van der Waals surface area contributed by atoms with Crippen molar-refractivity contribution in [2.75, 3.05) is 11.4 Å². The van der Waals surface area contributed by atoms with Crippen LogP contribution < -0.4 is 16.2 Å². The molecule has 90 valence electrons. The lowest BCUT2D eigenvalue weighted by Gasteiger charge is -2.16. The van der Waals surface area contributed by atoms with Crippen LogP contribution in [0.1, 0.15) is 6.42 Å². The van der Waals surface area contributed by atoms with Crippen LogP contribution in [0.25, 0.3) is 0 Å². The molecule has 1 fully saturated rings. The molecule has 1 atom stereocenters. The first-order chi connectivity index (χ1) is 8.11. The van der Waals surface area contributed by atoms with Gasteiger partial charge in [0.2, 0.25) is 11.8 Å². The smallest absolute Gasteiger partial charge is 0.239 e. The third-order valence-electron chi connectivity index (χ3n) is 2.78. The summed E-state index contributed by atoms with van der Waals surface area (Å²) in [5.41, 5.74) is 2.81. The lowest BCUT2D eigenvalue weighted by Crippen LogP contribution is -2.37. The van der Waals surface area contributed by atoms with Gasteiger partial charge in [0.15, 0.2) is 0 Å². The summed E-state index contributed by atoms with van der Waals surface area (Å²) < 4.78 is 0. The first-order valence-electron chi connectivity index (χ1n) is 5.18. The van der Waals surface area contributed by atoms with Crippen molar-refractivity contribution in [3.63, 3.8) is 0 Å². The molecule has 0 spiro atoms. The molecule has 2 amide bonds. The summed E-state index contributed by atoms with van der Waals surface area (Å²) >= 11 is 5.77. The Morgan fingerprint density at radius 1 is 1.41 bits per heavy atom. The molecule has 0 unspecified atom stereocenters. The van der Waals surface area contributed by atoms with Gasteiger partial charge in [0.05, 0.1) is 5.92 Å². The van der Waals surface area contributed by atoms with Gasteiger partial charge in [0.1, 0.15) is 0 Å². The van der Waals surface area contributed by atoms with Crippen molar-refractivity contribution in [3.8, 4) is 0 Å². The van der Waals surface area contributed by atoms with Crippen LogP contribution in [0.3, 0.4) is 0 Å². The number of carbonyl (C=O) groups excluding carboxylic acids is 2. The van der Waals surface area contributed by atoms with E-state index in [-0.39, 0.29) is 24.2 Å². The molecule has 3 N–H and O–H groups in total. The normalized spacial score (nSPS) is 19.5. The van der Waals surface area contributed by atoms with Crippen LogP contribution in [0, 0.1) is 5.92 Å². The van der Waals surface area contributed by atoms with E-state index < -0.39 is 0 Å². The topological polar surface area (TPSA) is 75.4 Å². The summed E-state index contributed by atoms with van der Waals surface area (Å²) in [6.45, 7) is 0.351. The summed E-state index contributed by atoms with van der Waals surface area (Å²) in [4.78, 5) is 24.7. The SMILES string of the molecule is NNC(=O)[C@@H]1CC(=O)N(c2ccc(Cl)cc2)C1. The van der Waals surface area contributed by atoms with Crippen molar-refractivity contribution in [2.24, 2.45) is 11.8 Å². The Kier molecular flexibility index (Phi) is 3.31. The average Bonchev–Trinajstić information content (AvgIpc) is 2.71. The molecule has 17 heavy (non-hydrogen) atoms. The quantitative estimate of drug-likeness (QED) is 0.462. The maximum Gasteiger partial charge on any atom is 0.239 e. The van der Waals surface area contributed by atoms with Crippen LogP contribution in [-0.2, 0) is 9.59 Å². The molecule has 1 aromatic carbocycles. The molecular weight excluding hydrogens is 242 g/mol. The van der Waals surface area contributed by atoms with Crippen LogP contribution in [0.5, 0.6) is 0 Å². The number of hydrogen-bond acceptors (Lipinski definition) is 3. The van der Waals surface area contributed by atoms with Crippen molar-refractivity contribution < 1.29 is 9.59 Å². The number of nitrogens with zero attached hydrogens (tertiary/aromatic N) is 1. The van der Waals surface area contributed by atoms with E-state index in [4.69, 9.17) is 17.4 Å². The second-order valence-corrected chi connectivity index (χ2v) is 4.33. The molecule has 0 radical (unpaired) electrons. The molecular formula is C11H12ClN3O2. The first-order valence-corrected chi connectivity index (χ1v) is 5.56. The van der Waals surface area contributed by atoms with Crippen LogP contribution in [0.4, 0.5) is 5.69 Å². The van der Waals surface area contributed by atoms with Gasteiger partial charge in [0.25, 0.3) is 0 Å². The molecule has 1 saturated heterocycles. The second-order valence-electron chi connectivity index (χ2n) is 3.89. The minimum Gasteiger partial charge on any atom is -0.312 e. The van der Waals surface area contributed by atoms with Gasteiger partial charge in [-0.25, -0.2) is 5.84 Å². The highest BCUT2D eigenvalue weighted by atomic mass is 35.5. The number of nitrogens with two attached hydrogens (primary N) is 1. The molecule has 0 aromatic heterocycles. The Bertz CT molecular complexity index is 447. The largest absolute Gasteiger partial charge is 0.312 e. The summed E-state index contributed by atoms with van der Waals surface area (Å²) in [6, 6.07) is 6.92. The minimum absolute atomic E-state index is 0.0825. The van der Waals surface area contributed by atoms with Crippen LogP contribution in [0.15, 0.2) is 24.3 Å². The second kappa shape index (κ2) is 4.73. The van der Waals surface area contributed by atoms with Crippen molar-refractivity contribution in [1.82, 2.24) is 5.43 Å². The van der Waals surface area contributed by atoms with E-state index in [9.17, 15) is 9.59 Å². The molecule has 1 aromatic rings. The van der Waals surface area contributed by atoms with Gasteiger partial charge in [-0.15, -0.1) is 0 Å². The van der Waals surface area contributed by atoms with Crippen molar-refractivity contribution >= 4 is 29.1 Å². The van der Waals surface area contributed by atoms with Crippen molar-refractivity contribution in [3.05, 3.63) is 29.3 Å². The van der Waals surface area contributed by atoms with Gasteiger partial charge >= 0.3 is 0 Å². The highest BCUT2D eigenvalue weighted by Crippen LogP contribution is 2.26. The third kappa shape index (κ3) is 2.40. The monoisotopic (exact) mass is 253 g/mol. The van der Waals surface area contributed by atoms with Crippen LogP contribution in [-0.4, -0.2) is 18.4 Å². The summed E-state index contributed by atoms with van der Waals surface area (Å²) in [5, 5.41) is 0.608. The third-order valence-corrected chi connectivity index (χ3v) is 3.03. The van der Waals surface area contributed by atoms with Gasteiger partial charge in [-0.3, -0.25) is 15.0 Å². The predicted octanol–water partition coefficient (Wildman–Crippen LogP) is 0.683. The number of anilines is 1. The number of hydrogen-bond donors (Lipinski definition) is 2. The highest BCUT2D eigenvalue weighted by molar-refractivity contribution is 6.30. The lowest BCUT2D eigenvalue weighted by atomic mass is 10.1. The van der Waals surface area contributed by atoms with Gasteiger partial charge in [-0.2, -0.15) is 0 Å². The molecule has 1 heterocycles. The van der Waals surface area contributed by atoms with E-state index in [1.54, 1.807) is 29.2 Å². The number of rotatable bonds is 2. The molecule has 1 aliphatic heterocycles. The van der Waals surface area contributed by atoms with Crippen molar-refractivity contribution in [1.29, 1.82) is 0 Å². The van der Waals surface area contributed by atoms with E-state index in [0.717, 1.165) is 5.69 Å². The molecule has 0 saturated carbocycles. The molecule has 1 aliphatic rings. The maximum atomic E-state index is 11.8. The van der Waals surface area contributed by atoms with Gasteiger partial charge < -0.3 is 4.90 Å². The summed E-state index contributed by atoms with van der Waals surface area (Å²) in [7, 11) is 0. The number of halogens is 1. The predicted molar refractivity (Wildman–Crippen MR) is 64.2 cm³/mol. The zero-order valence-electron chi connectivity index (χ0n) is 9.02. The fourth-order valence-corrected chi connectivity index (χ4v) is 2.00. The highest BCUT2D eigenvalue weighted by Gasteiger charge is 2.34. The Labute approximate surface area is 103 Å². The Hall–Kier alpha value is -1.59. The molecule has 0 aliphatic carbocycles. The fraction of sp³-hybridized carbons (Fsp3) is 0.273. The molecule has 2 rings (SSSR count). The van der Waals surface area contributed by atoms with Gasteiger partial charge in [-0.05, 0) is 24.3 Å². The fourth-order valence-electron chi connectivity index (χ4n) is 1.87. The van der Waals surface area contributed by atoms with Crippen LogP contribution >= 0.6 is 11.6 Å². The summed E-state index contributed by atoms with van der Waals surface area (Å²) in [6.07, 6.45) is 0.186. The van der Waals surface area contributed by atoms with E-state index in [1.807, 2.05) is 0 Å². The molecule has 0 bridgehead atoms. The Morgan fingerprint density at radius 2 is 2.06 bits per heavy atom. The Balaban J connectivity index is 2.15. The van der Waals surface area contributed by atoms with Crippen molar-refractivity contribution in [2.45, 2.75) is 6.42 Å². The van der Waals surface area contributed by atoms with E-state index >= 15 is 0 Å². The number of nitrogens with one attached hydrogen (secondary N) is 1. The lowest BCUT2D eigenvalue weighted by molar-refractivity contribution is -0.126. The number of benzene rings is 1. The number of amides is 2. The van der Waals surface area contributed by atoms with E-state index in [2.05, 4.69) is 5.43 Å². The standard InChI is InChI=1S/C11H12ClN3O2/c12-8-1-3-9(4-2-8)15-6-7(5-10(15)16)11(17)14-13/h1-4,7H,5-6,13H2,(H,14,17)/t7-/m1/s1. The molecule has 6 heteroatoms. The minimum atomic E-state index is -0.386. The maximum absolute atomic E-state index is 11.8. The number of hydrazine groups is 1. The Morgan fingerprint density at radius 3 is 2.65 bits per heavy atom. The van der Waals surface area contributed by atoms with Gasteiger partial charge in [-0.1, -0.05) is 11.6 Å². The summed E-state index contributed by atoms with van der Waals surface area (Å²) in [5.74, 6) is 4.28. The van der Waals surface area contributed by atoms with Gasteiger partial charge in [0, 0.05) is 23.7 Å². The number of carbonyl (C=O) groups is 2.